The lowest BCUT2D eigenvalue weighted by Gasteiger charge is -2.32. The second kappa shape index (κ2) is 16.0. The van der Waals surface area contributed by atoms with Crippen molar-refractivity contribution in [2.75, 3.05) is 26.2 Å². The van der Waals surface area contributed by atoms with Crippen LogP contribution in [-0.4, -0.2) is 101 Å². The predicted molar refractivity (Wildman–Crippen MR) is 212 cm³/mol. The van der Waals surface area contributed by atoms with Gasteiger partial charge in [0, 0.05) is 54.2 Å². The maximum absolute atomic E-state index is 14.7. The Morgan fingerprint density at radius 2 is 1.88 bits per heavy atom. The number of halogens is 1. The number of carbonyl (C=O) groups excluding carboxylic acids is 5. The molecule has 0 radical (unpaired) electrons. The van der Waals surface area contributed by atoms with E-state index < -0.39 is 62.4 Å². The topological polar surface area (TPSA) is 192 Å². The molecule has 2 aromatic rings. The number of nitrogens with one attached hydrogen (secondary N) is 2. The highest BCUT2D eigenvalue weighted by Crippen LogP contribution is 2.47. The third kappa shape index (κ3) is 9.02. The second-order valence-corrected chi connectivity index (χ2v) is 20.6. The van der Waals surface area contributed by atoms with Gasteiger partial charge in [0.15, 0.2) is 5.01 Å². The van der Waals surface area contributed by atoms with E-state index in [1.165, 1.54) is 11.0 Å². The number of fused-ring (bicyclic) bond motifs is 4. The van der Waals surface area contributed by atoms with Crippen molar-refractivity contribution in [3.05, 3.63) is 45.8 Å². The molecule has 3 aliphatic heterocycles. The first-order valence-electron chi connectivity index (χ1n) is 19.7. The van der Waals surface area contributed by atoms with Gasteiger partial charge in [-0.25, -0.2) is 13.4 Å². The summed E-state index contributed by atoms with van der Waals surface area (Å²) in [6.07, 6.45) is 8.18. The van der Waals surface area contributed by atoms with E-state index in [2.05, 4.69) is 15.0 Å². The van der Waals surface area contributed by atoms with Crippen molar-refractivity contribution in [1.29, 1.82) is 0 Å². The molecule has 7 rings (SSSR count). The Morgan fingerprint density at radius 1 is 1.11 bits per heavy atom. The summed E-state index contributed by atoms with van der Waals surface area (Å²) in [5.74, 6) is -4.68. The van der Waals surface area contributed by atoms with Crippen LogP contribution in [0.1, 0.15) is 88.4 Å². The van der Waals surface area contributed by atoms with Crippen molar-refractivity contribution >= 4 is 62.6 Å². The van der Waals surface area contributed by atoms with Crippen LogP contribution in [0.25, 0.3) is 11.3 Å². The predicted octanol–water partition coefficient (Wildman–Crippen LogP) is 4.67. The molecule has 0 bridgehead atoms. The van der Waals surface area contributed by atoms with E-state index >= 15 is 0 Å². The maximum atomic E-state index is 14.7. The number of likely N-dealkylation sites (tertiary alicyclic amines) is 1. The van der Waals surface area contributed by atoms with Crippen molar-refractivity contribution in [2.45, 2.75) is 95.4 Å². The molecule has 2 saturated heterocycles. The molecule has 308 valence electrons. The molecule has 4 heterocycles. The molecule has 1 aromatic heterocycles. The highest BCUT2D eigenvalue weighted by atomic mass is 35.5. The molecule has 17 heteroatoms. The number of carbonyl (C=O) groups is 5. The third-order valence-corrected chi connectivity index (χ3v) is 14.6. The Morgan fingerprint density at radius 3 is 2.60 bits per heavy atom. The lowest BCUT2D eigenvalue weighted by molar-refractivity contribution is -0.152. The average Bonchev–Trinajstić information content (AvgIpc) is 3.97. The Hall–Kier alpha value is -4.02. The zero-order valence-corrected chi connectivity index (χ0v) is 34.8. The minimum absolute atomic E-state index is 0.0734. The van der Waals surface area contributed by atoms with Crippen molar-refractivity contribution in [2.24, 2.45) is 29.1 Å². The number of thiazole rings is 1. The highest BCUT2D eigenvalue weighted by molar-refractivity contribution is 7.91. The van der Waals surface area contributed by atoms with Gasteiger partial charge in [-0.1, -0.05) is 57.4 Å². The standard InChI is InChI=1S/C40H50ClN5O9S2/c1-39(2,3)22-55-32(48)16-24-9-7-5-4-6-8-10-26-17-40(26,38(52)44-57(53,54)27-12-13-27)43-34(49)33-28-20-45(18-25(28)19-46(33)36(24)50)37(51)35-42-30(21-56-35)23-11-14-31(47)29(41)15-23/h8,10-11,14-15,21,24-28,33,47H,4-7,9,12-13,16-20,22H2,1-3H3,(H,43,49)(H,44,52)/b10-8-/t24-,25+,26-,28+,33+,40-/m1/s1. The van der Waals surface area contributed by atoms with E-state index in [0.717, 1.165) is 24.2 Å². The molecular formula is C40H50ClN5O9S2. The first-order valence-corrected chi connectivity index (χ1v) is 22.5. The number of rotatable bonds is 8. The number of allylic oxidation sites excluding steroid dienone is 1. The number of nitrogens with zero attached hydrogens (tertiary/aromatic N) is 3. The van der Waals surface area contributed by atoms with Gasteiger partial charge < -0.3 is 25.0 Å². The molecular weight excluding hydrogens is 794 g/mol. The van der Waals surface area contributed by atoms with Gasteiger partial charge in [-0.3, -0.25) is 28.7 Å². The Bertz CT molecular complexity index is 2080. The van der Waals surface area contributed by atoms with Crippen LogP contribution < -0.4 is 10.0 Å². The highest BCUT2D eigenvalue weighted by Gasteiger charge is 2.63. The fourth-order valence-electron chi connectivity index (χ4n) is 8.23. The zero-order chi connectivity index (χ0) is 40.9. The molecule has 4 fully saturated rings. The van der Waals surface area contributed by atoms with Crippen molar-refractivity contribution in [3.8, 4) is 17.0 Å². The smallest absolute Gasteiger partial charge is 0.306 e. The Balaban J connectivity index is 1.16. The number of sulfonamides is 1. The minimum atomic E-state index is -3.92. The number of benzene rings is 1. The van der Waals surface area contributed by atoms with Crippen molar-refractivity contribution in [3.63, 3.8) is 0 Å². The number of aromatic nitrogens is 1. The third-order valence-electron chi connectivity index (χ3n) is 11.6. The summed E-state index contributed by atoms with van der Waals surface area (Å²) in [6.45, 7) is 6.54. The summed E-state index contributed by atoms with van der Waals surface area (Å²) < 4.78 is 33.6. The summed E-state index contributed by atoms with van der Waals surface area (Å²) in [5, 5.41) is 14.2. The normalized spacial score (nSPS) is 28.6. The first-order chi connectivity index (χ1) is 27.0. The van der Waals surface area contributed by atoms with E-state index in [1.54, 1.807) is 22.4 Å². The van der Waals surface area contributed by atoms with Crippen LogP contribution in [0.2, 0.25) is 5.02 Å². The van der Waals surface area contributed by atoms with Crippen LogP contribution >= 0.6 is 22.9 Å². The van der Waals surface area contributed by atoms with Crippen LogP contribution in [0, 0.1) is 29.1 Å². The van der Waals surface area contributed by atoms with Gasteiger partial charge in [-0.05, 0) is 62.1 Å². The van der Waals surface area contributed by atoms with Gasteiger partial charge >= 0.3 is 5.97 Å². The maximum Gasteiger partial charge on any atom is 0.306 e. The molecule has 1 aromatic carbocycles. The van der Waals surface area contributed by atoms with E-state index in [1.807, 2.05) is 32.9 Å². The van der Waals surface area contributed by atoms with E-state index in [9.17, 15) is 37.5 Å². The van der Waals surface area contributed by atoms with Crippen molar-refractivity contribution in [1.82, 2.24) is 24.8 Å². The molecule has 14 nitrogen and oxygen atoms in total. The van der Waals surface area contributed by atoms with Gasteiger partial charge in [0.05, 0.1) is 29.0 Å². The van der Waals surface area contributed by atoms with Gasteiger partial charge in [0.25, 0.3) is 11.8 Å². The SMILES string of the molecule is CC(C)(C)COC(=O)C[C@H]1CCCCC/C=C\[C@@H]2C[C@@]2(C(=O)NS(=O)(=O)C2CC2)NC(=O)[C@@H]2[C@H]3CN(C(=O)c4nc(-c5ccc(O)c(Cl)c5)cs4)C[C@H]3CN2C1=O. The molecule has 6 atom stereocenters. The van der Waals surface area contributed by atoms with Crippen LogP contribution in [0.3, 0.4) is 0 Å². The quantitative estimate of drug-likeness (QED) is 0.249. The number of esters is 1. The summed E-state index contributed by atoms with van der Waals surface area (Å²) in [5.41, 5.74) is -0.661. The molecule has 3 N–H and O–H groups in total. The van der Waals surface area contributed by atoms with E-state index in [-0.39, 0.29) is 78.0 Å². The minimum Gasteiger partial charge on any atom is -0.506 e. The van der Waals surface area contributed by atoms with Crippen molar-refractivity contribution < 1.29 is 42.2 Å². The Kier molecular flexibility index (Phi) is 11.5. The molecule has 5 aliphatic rings. The fraction of sp³-hybridized carbons (Fsp3) is 0.600. The van der Waals surface area contributed by atoms with Crippen LogP contribution in [0.15, 0.2) is 35.7 Å². The van der Waals surface area contributed by atoms with Crippen LogP contribution in [0.4, 0.5) is 0 Å². The first kappa shape index (κ1) is 41.2. The number of hydrogen-bond acceptors (Lipinski definition) is 11. The average molecular weight is 844 g/mol. The molecule has 57 heavy (non-hydrogen) atoms. The summed E-state index contributed by atoms with van der Waals surface area (Å²) >= 11 is 7.27. The van der Waals surface area contributed by atoms with Crippen LogP contribution in [0.5, 0.6) is 5.75 Å². The monoisotopic (exact) mass is 843 g/mol. The molecule has 2 saturated carbocycles. The largest absolute Gasteiger partial charge is 0.506 e. The molecule has 0 unspecified atom stereocenters. The molecule has 2 aliphatic carbocycles. The number of phenolic OH excluding ortho intramolecular Hbond substituents is 1. The fourth-order valence-corrected chi connectivity index (χ4v) is 10.6. The number of ether oxygens (including phenoxy) is 1. The summed E-state index contributed by atoms with van der Waals surface area (Å²) in [6, 6.07) is 3.56. The van der Waals surface area contributed by atoms with Gasteiger partial charge in [-0.2, -0.15) is 0 Å². The van der Waals surface area contributed by atoms with Gasteiger partial charge in [-0.15, -0.1) is 11.3 Å². The zero-order valence-electron chi connectivity index (χ0n) is 32.4. The Labute approximate surface area is 341 Å². The number of hydrogen-bond donors (Lipinski definition) is 3. The molecule has 0 spiro atoms. The summed E-state index contributed by atoms with van der Waals surface area (Å²) in [4.78, 5) is 77.9. The number of amides is 4. The van der Waals surface area contributed by atoms with Gasteiger partial charge in [0.2, 0.25) is 21.8 Å². The number of aromatic hydroxyl groups is 1. The second-order valence-electron chi connectivity index (χ2n) is 17.4. The van der Waals surface area contributed by atoms with E-state index in [0.29, 0.717) is 43.4 Å². The molecule has 4 amide bonds. The number of phenols is 1. The van der Waals surface area contributed by atoms with Crippen LogP contribution in [-0.2, 0) is 33.9 Å². The van der Waals surface area contributed by atoms with Gasteiger partial charge in [0.1, 0.15) is 17.3 Å². The van der Waals surface area contributed by atoms with E-state index in [4.69, 9.17) is 16.3 Å². The summed E-state index contributed by atoms with van der Waals surface area (Å²) in [7, 11) is -3.92. The lowest BCUT2D eigenvalue weighted by Crippen LogP contribution is -2.58. The lowest BCUT2D eigenvalue weighted by atomic mass is 9.92.